The summed E-state index contributed by atoms with van der Waals surface area (Å²) in [5, 5.41) is 1.98. The number of aliphatic imine (C=N–C) groups is 1. The molecule has 1 aromatic heterocycles. The molecule has 0 radical (unpaired) electrons. The zero-order valence-corrected chi connectivity index (χ0v) is 15.5. The maximum Gasteiger partial charge on any atom is 0.216 e. The minimum atomic E-state index is -3.50. The van der Waals surface area contributed by atoms with E-state index in [0.717, 1.165) is 10.4 Å². The topological polar surface area (TPSA) is 84.5 Å². The zero-order chi connectivity index (χ0) is 17.6. The molecule has 1 heterocycles. The van der Waals surface area contributed by atoms with Gasteiger partial charge in [0.15, 0.2) is 0 Å². The Morgan fingerprint density at radius 2 is 1.92 bits per heavy atom. The standard InChI is InChI=1S/C17H23N3O2S2/c1-13(2)16(17(18)19-11-15-9-6-10-23-15)20-24(21,22)12-14-7-4-3-5-8-14/h3-10,13,16,20H,11-12H2,1-2H3,(H2,18,19). The first kappa shape index (κ1) is 18.6. The van der Waals surface area contributed by atoms with E-state index in [1.165, 1.54) is 0 Å². The summed E-state index contributed by atoms with van der Waals surface area (Å²) < 4.78 is 27.6. The van der Waals surface area contributed by atoms with Crippen LogP contribution in [0.2, 0.25) is 0 Å². The van der Waals surface area contributed by atoms with Crippen LogP contribution in [0.25, 0.3) is 0 Å². The van der Waals surface area contributed by atoms with Crippen LogP contribution < -0.4 is 10.5 Å². The van der Waals surface area contributed by atoms with Crippen molar-refractivity contribution in [2.75, 3.05) is 0 Å². The molecule has 24 heavy (non-hydrogen) atoms. The molecule has 0 fully saturated rings. The maximum atomic E-state index is 12.4. The van der Waals surface area contributed by atoms with E-state index in [9.17, 15) is 8.42 Å². The second kappa shape index (κ2) is 8.41. The summed E-state index contributed by atoms with van der Waals surface area (Å²) in [4.78, 5) is 5.45. The Morgan fingerprint density at radius 1 is 1.21 bits per heavy atom. The number of hydrogen-bond donors (Lipinski definition) is 2. The lowest BCUT2D eigenvalue weighted by Crippen LogP contribution is -2.48. The van der Waals surface area contributed by atoms with Crippen LogP contribution in [0.5, 0.6) is 0 Å². The molecule has 0 spiro atoms. The summed E-state index contributed by atoms with van der Waals surface area (Å²) in [5.41, 5.74) is 6.80. The fraction of sp³-hybridized carbons (Fsp3) is 0.353. The highest BCUT2D eigenvalue weighted by Gasteiger charge is 2.24. The minimum Gasteiger partial charge on any atom is -0.386 e. The summed E-state index contributed by atoms with van der Waals surface area (Å²) in [6, 6.07) is 12.5. The van der Waals surface area contributed by atoms with E-state index in [-0.39, 0.29) is 11.7 Å². The lowest BCUT2D eigenvalue weighted by Gasteiger charge is -2.22. The van der Waals surface area contributed by atoms with Gasteiger partial charge in [0.05, 0.1) is 18.3 Å². The fourth-order valence-corrected chi connectivity index (χ4v) is 4.36. The fourth-order valence-electron chi connectivity index (χ4n) is 2.24. The van der Waals surface area contributed by atoms with Crippen LogP contribution in [-0.2, 0) is 22.3 Å². The predicted octanol–water partition coefficient (Wildman–Crippen LogP) is 2.75. The van der Waals surface area contributed by atoms with E-state index in [2.05, 4.69) is 9.71 Å². The van der Waals surface area contributed by atoms with Gasteiger partial charge in [0.1, 0.15) is 5.84 Å². The van der Waals surface area contributed by atoms with Gasteiger partial charge in [0.25, 0.3) is 0 Å². The lowest BCUT2D eigenvalue weighted by molar-refractivity contribution is 0.522. The molecule has 0 amide bonds. The van der Waals surface area contributed by atoms with Gasteiger partial charge in [0, 0.05) is 4.88 Å². The molecule has 5 nitrogen and oxygen atoms in total. The number of rotatable bonds is 8. The third-order valence-corrected chi connectivity index (χ3v) is 5.68. The highest BCUT2D eigenvalue weighted by Crippen LogP contribution is 2.12. The number of amidine groups is 1. The Kier molecular flexibility index (Phi) is 6.53. The number of sulfonamides is 1. The Bertz CT molecular complexity index is 754. The number of nitrogens with zero attached hydrogens (tertiary/aromatic N) is 1. The molecule has 1 atom stereocenters. The summed E-state index contributed by atoms with van der Waals surface area (Å²) in [6.45, 7) is 4.31. The summed E-state index contributed by atoms with van der Waals surface area (Å²) >= 11 is 1.60. The van der Waals surface area contributed by atoms with Gasteiger partial charge in [-0.05, 0) is 22.9 Å². The molecule has 3 N–H and O–H groups in total. The van der Waals surface area contributed by atoms with Crippen LogP contribution in [0.15, 0.2) is 52.8 Å². The minimum absolute atomic E-state index is 0.00244. The van der Waals surface area contributed by atoms with Gasteiger partial charge < -0.3 is 5.73 Å². The Labute approximate surface area is 147 Å². The largest absolute Gasteiger partial charge is 0.386 e. The van der Waals surface area contributed by atoms with Crippen molar-refractivity contribution in [1.82, 2.24) is 4.72 Å². The molecule has 0 saturated heterocycles. The van der Waals surface area contributed by atoms with Gasteiger partial charge >= 0.3 is 0 Å². The van der Waals surface area contributed by atoms with E-state index >= 15 is 0 Å². The van der Waals surface area contributed by atoms with Crippen LogP contribution in [0.3, 0.4) is 0 Å². The monoisotopic (exact) mass is 365 g/mol. The highest BCUT2D eigenvalue weighted by atomic mass is 32.2. The van der Waals surface area contributed by atoms with Crippen LogP contribution in [0.1, 0.15) is 24.3 Å². The number of thiophene rings is 1. The molecular formula is C17H23N3O2S2. The number of nitrogens with two attached hydrogens (primary N) is 1. The van der Waals surface area contributed by atoms with E-state index in [0.29, 0.717) is 12.4 Å². The van der Waals surface area contributed by atoms with E-state index in [1.807, 2.05) is 49.6 Å². The van der Waals surface area contributed by atoms with E-state index in [1.54, 1.807) is 23.5 Å². The average Bonchev–Trinajstić information content (AvgIpc) is 3.04. The first-order valence-electron chi connectivity index (χ1n) is 7.73. The summed E-state index contributed by atoms with van der Waals surface area (Å²) in [6.07, 6.45) is 0. The van der Waals surface area contributed by atoms with Gasteiger partial charge in [0.2, 0.25) is 10.0 Å². The molecule has 0 aliphatic heterocycles. The third kappa shape index (κ3) is 5.74. The second-order valence-corrected chi connectivity index (χ2v) is 8.69. The van der Waals surface area contributed by atoms with Gasteiger partial charge in [-0.15, -0.1) is 11.3 Å². The quantitative estimate of drug-likeness (QED) is 0.557. The maximum absolute atomic E-state index is 12.4. The molecule has 2 rings (SSSR count). The van der Waals surface area contributed by atoms with Gasteiger partial charge in [-0.25, -0.2) is 13.1 Å². The smallest absolute Gasteiger partial charge is 0.216 e. The van der Waals surface area contributed by atoms with Crippen molar-refractivity contribution in [3.63, 3.8) is 0 Å². The van der Waals surface area contributed by atoms with Gasteiger partial charge in [-0.3, -0.25) is 4.99 Å². The van der Waals surface area contributed by atoms with E-state index < -0.39 is 16.1 Å². The Morgan fingerprint density at radius 3 is 2.50 bits per heavy atom. The normalized spacial score (nSPS) is 14.0. The molecule has 0 aliphatic carbocycles. The van der Waals surface area contributed by atoms with Crippen molar-refractivity contribution in [2.24, 2.45) is 16.6 Å². The molecule has 2 aromatic rings. The van der Waals surface area contributed by atoms with Gasteiger partial charge in [-0.1, -0.05) is 50.2 Å². The Balaban J connectivity index is 2.08. The van der Waals surface area contributed by atoms with Crippen LogP contribution >= 0.6 is 11.3 Å². The van der Waals surface area contributed by atoms with Crippen LogP contribution in [0.4, 0.5) is 0 Å². The molecule has 7 heteroatoms. The molecule has 1 unspecified atom stereocenters. The molecule has 0 aliphatic rings. The third-order valence-electron chi connectivity index (χ3n) is 3.49. The first-order chi connectivity index (χ1) is 11.4. The molecular weight excluding hydrogens is 342 g/mol. The highest BCUT2D eigenvalue weighted by molar-refractivity contribution is 7.88. The van der Waals surface area contributed by atoms with Crippen molar-refractivity contribution in [3.8, 4) is 0 Å². The van der Waals surface area contributed by atoms with Crippen molar-refractivity contribution >= 4 is 27.2 Å². The number of benzene rings is 1. The molecule has 130 valence electrons. The SMILES string of the molecule is CC(C)C(NS(=O)(=O)Cc1ccccc1)C(N)=NCc1cccs1. The van der Waals surface area contributed by atoms with Gasteiger partial charge in [-0.2, -0.15) is 0 Å². The van der Waals surface area contributed by atoms with Crippen molar-refractivity contribution < 1.29 is 8.42 Å². The number of nitrogens with one attached hydrogen (secondary N) is 1. The molecule has 0 saturated carbocycles. The van der Waals surface area contributed by atoms with Crippen LogP contribution in [-0.4, -0.2) is 20.3 Å². The van der Waals surface area contributed by atoms with Crippen molar-refractivity contribution in [1.29, 1.82) is 0 Å². The summed E-state index contributed by atoms with van der Waals surface area (Å²) in [7, 11) is -3.50. The van der Waals surface area contributed by atoms with Crippen LogP contribution in [0, 0.1) is 5.92 Å². The van der Waals surface area contributed by atoms with E-state index in [4.69, 9.17) is 5.73 Å². The predicted molar refractivity (Wildman–Crippen MR) is 100 cm³/mol. The molecule has 1 aromatic carbocycles. The molecule has 0 bridgehead atoms. The lowest BCUT2D eigenvalue weighted by atomic mass is 10.1. The summed E-state index contributed by atoms with van der Waals surface area (Å²) in [5.74, 6) is 0.243. The van der Waals surface area contributed by atoms with Crippen molar-refractivity contribution in [2.45, 2.75) is 32.2 Å². The second-order valence-electron chi connectivity index (χ2n) is 5.90. The van der Waals surface area contributed by atoms with Crippen molar-refractivity contribution in [3.05, 3.63) is 58.3 Å². The zero-order valence-electron chi connectivity index (χ0n) is 13.8. The number of hydrogen-bond acceptors (Lipinski definition) is 4. The first-order valence-corrected chi connectivity index (χ1v) is 10.3. The average molecular weight is 366 g/mol. The Hall–Kier alpha value is -1.70.